The molecule has 0 unspecified atom stereocenters. The summed E-state index contributed by atoms with van der Waals surface area (Å²) in [5, 5.41) is 0. The SMILES string of the molecule is C=CCOCCCCl. The summed E-state index contributed by atoms with van der Waals surface area (Å²) in [5.74, 6) is 0.678. The third kappa shape index (κ3) is 5.99. The van der Waals surface area contributed by atoms with E-state index in [9.17, 15) is 0 Å². The fourth-order valence-electron chi connectivity index (χ4n) is 0.323. The Labute approximate surface area is 55.3 Å². The molecule has 1 nitrogen and oxygen atoms in total. The molecule has 0 bridgehead atoms. The molecule has 0 spiro atoms. The number of hydrogen-bond acceptors (Lipinski definition) is 1. The molecule has 0 aliphatic heterocycles. The van der Waals surface area contributed by atoms with Crippen LogP contribution in [0.25, 0.3) is 0 Å². The molecule has 48 valence electrons. The van der Waals surface area contributed by atoms with E-state index < -0.39 is 0 Å². The zero-order chi connectivity index (χ0) is 6.24. The molecular weight excluding hydrogens is 124 g/mol. The monoisotopic (exact) mass is 134 g/mol. The van der Waals surface area contributed by atoms with Crippen LogP contribution in [0.1, 0.15) is 6.42 Å². The molecular formula is C6H11ClO. The largest absolute Gasteiger partial charge is 0.377 e. The maximum Gasteiger partial charge on any atom is 0.0644 e. The Hall–Kier alpha value is -0.0100. The van der Waals surface area contributed by atoms with Crippen LogP contribution < -0.4 is 0 Å². The van der Waals surface area contributed by atoms with Crippen molar-refractivity contribution < 1.29 is 4.74 Å². The van der Waals surface area contributed by atoms with Crippen LogP contribution in [-0.2, 0) is 4.74 Å². The standard InChI is InChI=1S/C6H11ClO/c1-2-5-8-6-3-4-7/h2H,1,3-6H2. The van der Waals surface area contributed by atoms with Gasteiger partial charge in [0.15, 0.2) is 0 Å². The second-order valence-electron chi connectivity index (χ2n) is 1.41. The summed E-state index contributed by atoms with van der Waals surface area (Å²) in [6.07, 6.45) is 2.66. The number of hydrogen-bond donors (Lipinski definition) is 0. The highest BCUT2D eigenvalue weighted by molar-refractivity contribution is 6.17. The van der Waals surface area contributed by atoms with E-state index in [1.54, 1.807) is 6.08 Å². The Morgan fingerprint density at radius 1 is 1.62 bits per heavy atom. The van der Waals surface area contributed by atoms with E-state index >= 15 is 0 Å². The van der Waals surface area contributed by atoms with Crippen molar-refractivity contribution in [2.24, 2.45) is 0 Å². The third-order valence-electron chi connectivity index (χ3n) is 0.658. The molecule has 0 rings (SSSR count). The second-order valence-corrected chi connectivity index (χ2v) is 1.78. The van der Waals surface area contributed by atoms with Gasteiger partial charge in [-0.25, -0.2) is 0 Å². The molecule has 0 aromatic carbocycles. The van der Waals surface area contributed by atoms with Crippen molar-refractivity contribution >= 4 is 11.6 Å². The Morgan fingerprint density at radius 2 is 2.38 bits per heavy atom. The Morgan fingerprint density at radius 3 is 2.88 bits per heavy atom. The van der Waals surface area contributed by atoms with Gasteiger partial charge in [-0.15, -0.1) is 18.2 Å². The van der Waals surface area contributed by atoms with Crippen LogP contribution in [-0.4, -0.2) is 19.1 Å². The van der Waals surface area contributed by atoms with Gasteiger partial charge in [0.25, 0.3) is 0 Å². The lowest BCUT2D eigenvalue weighted by molar-refractivity contribution is 0.164. The highest BCUT2D eigenvalue weighted by atomic mass is 35.5. The predicted octanol–water partition coefficient (Wildman–Crippen LogP) is 1.82. The quantitative estimate of drug-likeness (QED) is 0.317. The van der Waals surface area contributed by atoms with E-state index in [1.807, 2.05) is 0 Å². The normalized spacial score (nSPS) is 9.12. The molecule has 0 aromatic heterocycles. The minimum atomic E-state index is 0.636. The summed E-state index contributed by atoms with van der Waals surface area (Å²) in [6, 6.07) is 0. The molecule has 0 N–H and O–H groups in total. The summed E-state index contributed by atoms with van der Waals surface area (Å²) in [4.78, 5) is 0. The van der Waals surface area contributed by atoms with E-state index in [1.165, 1.54) is 0 Å². The van der Waals surface area contributed by atoms with Crippen LogP contribution in [0.4, 0.5) is 0 Å². The van der Waals surface area contributed by atoms with Gasteiger partial charge >= 0.3 is 0 Å². The molecule has 0 heterocycles. The van der Waals surface area contributed by atoms with Crippen LogP contribution in [0.3, 0.4) is 0 Å². The summed E-state index contributed by atoms with van der Waals surface area (Å²) in [5.41, 5.74) is 0. The van der Waals surface area contributed by atoms with Gasteiger partial charge in [0.1, 0.15) is 0 Å². The average Bonchev–Trinajstić information content (AvgIpc) is 1.81. The molecule has 8 heavy (non-hydrogen) atoms. The third-order valence-corrected chi connectivity index (χ3v) is 0.925. The van der Waals surface area contributed by atoms with E-state index in [-0.39, 0.29) is 0 Å². The number of halogens is 1. The molecule has 0 aliphatic carbocycles. The predicted molar refractivity (Wildman–Crippen MR) is 36.4 cm³/mol. The van der Waals surface area contributed by atoms with Gasteiger partial charge in [-0.05, 0) is 6.42 Å². The summed E-state index contributed by atoms with van der Waals surface area (Å²) >= 11 is 5.37. The van der Waals surface area contributed by atoms with E-state index in [4.69, 9.17) is 16.3 Å². The Kier molecular flexibility index (Phi) is 6.98. The fraction of sp³-hybridized carbons (Fsp3) is 0.667. The van der Waals surface area contributed by atoms with Gasteiger partial charge in [-0.2, -0.15) is 0 Å². The summed E-state index contributed by atoms with van der Waals surface area (Å²) in [6.45, 7) is 4.88. The molecule has 0 saturated heterocycles. The summed E-state index contributed by atoms with van der Waals surface area (Å²) < 4.78 is 5.02. The van der Waals surface area contributed by atoms with Crippen molar-refractivity contribution in [2.45, 2.75) is 6.42 Å². The van der Waals surface area contributed by atoms with Crippen molar-refractivity contribution in [3.8, 4) is 0 Å². The highest BCUT2D eigenvalue weighted by Crippen LogP contribution is 1.85. The number of rotatable bonds is 5. The molecule has 0 saturated carbocycles. The molecule has 0 atom stereocenters. The zero-order valence-corrected chi connectivity index (χ0v) is 5.66. The van der Waals surface area contributed by atoms with Crippen molar-refractivity contribution in [2.75, 3.05) is 19.1 Å². The highest BCUT2D eigenvalue weighted by Gasteiger charge is 1.81. The first kappa shape index (κ1) is 7.99. The first-order chi connectivity index (χ1) is 3.91. The van der Waals surface area contributed by atoms with Gasteiger partial charge in [0.2, 0.25) is 0 Å². The van der Waals surface area contributed by atoms with Gasteiger partial charge < -0.3 is 4.74 Å². The maximum atomic E-state index is 5.37. The molecule has 0 amide bonds. The maximum absolute atomic E-state index is 5.37. The molecule has 0 fully saturated rings. The van der Waals surface area contributed by atoms with Crippen molar-refractivity contribution in [3.05, 3.63) is 12.7 Å². The minimum Gasteiger partial charge on any atom is -0.377 e. The Balaban J connectivity index is 2.62. The van der Waals surface area contributed by atoms with E-state index in [0.29, 0.717) is 12.5 Å². The topological polar surface area (TPSA) is 9.23 Å². The number of ether oxygens (including phenoxy) is 1. The zero-order valence-electron chi connectivity index (χ0n) is 4.90. The van der Waals surface area contributed by atoms with Gasteiger partial charge in [0.05, 0.1) is 6.61 Å². The van der Waals surface area contributed by atoms with Crippen LogP contribution in [0, 0.1) is 0 Å². The van der Waals surface area contributed by atoms with Crippen molar-refractivity contribution in [1.82, 2.24) is 0 Å². The lowest BCUT2D eigenvalue weighted by Gasteiger charge is -1.95. The minimum absolute atomic E-state index is 0.636. The van der Waals surface area contributed by atoms with E-state index in [2.05, 4.69) is 6.58 Å². The first-order valence-electron chi connectivity index (χ1n) is 2.66. The summed E-state index contributed by atoms with van der Waals surface area (Å²) in [7, 11) is 0. The van der Waals surface area contributed by atoms with Crippen LogP contribution in [0.2, 0.25) is 0 Å². The van der Waals surface area contributed by atoms with Crippen LogP contribution in [0.5, 0.6) is 0 Å². The van der Waals surface area contributed by atoms with Crippen LogP contribution >= 0.6 is 11.6 Å². The molecule has 0 aliphatic rings. The van der Waals surface area contributed by atoms with Gasteiger partial charge in [-0.3, -0.25) is 0 Å². The lowest BCUT2D eigenvalue weighted by atomic mass is 10.5. The van der Waals surface area contributed by atoms with E-state index in [0.717, 1.165) is 13.0 Å². The Bertz CT molecular complexity index is 54.5. The van der Waals surface area contributed by atoms with Gasteiger partial charge in [0, 0.05) is 12.5 Å². The second kappa shape index (κ2) is 6.99. The molecule has 0 radical (unpaired) electrons. The molecule has 0 aromatic rings. The molecule has 2 heteroatoms. The first-order valence-corrected chi connectivity index (χ1v) is 3.20. The van der Waals surface area contributed by atoms with Crippen molar-refractivity contribution in [3.63, 3.8) is 0 Å². The fourth-order valence-corrected chi connectivity index (χ4v) is 0.432. The van der Waals surface area contributed by atoms with Crippen molar-refractivity contribution in [1.29, 1.82) is 0 Å². The average molecular weight is 135 g/mol. The van der Waals surface area contributed by atoms with Crippen LogP contribution in [0.15, 0.2) is 12.7 Å². The lowest BCUT2D eigenvalue weighted by Crippen LogP contribution is -1.93. The smallest absolute Gasteiger partial charge is 0.0644 e. The number of alkyl halides is 1. The van der Waals surface area contributed by atoms with Gasteiger partial charge in [-0.1, -0.05) is 6.08 Å².